The maximum Gasteiger partial charge on any atom is 0.160 e. The molecule has 0 radical (unpaired) electrons. The number of carbonyl (C=O) groups is 1. The van der Waals surface area contributed by atoms with E-state index in [1.54, 1.807) is 18.3 Å². The second-order valence-electron chi connectivity index (χ2n) is 3.51. The van der Waals surface area contributed by atoms with E-state index in [2.05, 4.69) is 17.5 Å². The monoisotopic (exact) mass is 216 g/mol. The molecule has 0 unspecified atom stereocenters. The fraction of sp³-hybridized carbons (Fsp3) is 0.154. The van der Waals surface area contributed by atoms with Crippen LogP contribution in [0.15, 0.2) is 35.7 Å². The predicted octanol–water partition coefficient (Wildman–Crippen LogP) is 3.93. The van der Waals surface area contributed by atoms with E-state index in [1.807, 2.05) is 25.1 Å². The van der Waals surface area contributed by atoms with Gasteiger partial charge in [-0.2, -0.15) is 0 Å². The molecule has 0 atom stereocenters. The van der Waals surface area contributed by atoms with Gasteiger partial charge in [-0.05, 0) is 36.4 Å². The Kier molecular flexibility index (Phi) is 2.69. The number of carbonyl (C=O) groups excluding carboxylic acids is 1. The van der Waals surface area contributed by atoms with Crippen molar-refractivity contribution in [3.8, 4) is 10.4 Å². The number of thiophene rings is 1. The van der Waals surface area contributed by atoms with Gasteiger partial charge in [0.05, 0.1) is 0 Å². The van der Waals surface area contributed by atoms with Crippen LogP contribution in [0.5, 0.6) is 0 Å². The van der Waals surface area contributed by atoms with Crippen LogP contribution in [-0.2, 0) is 0 Å². The van der Waals surface area contributed by atoms with Gasteiger partial charge in [-0.1, -0.05) is 24.3 Å². The highest BCUT2D eigenvalue weighted by Gasteiger charge is 2.09. The largest absolute Gasteiger partial charge is 0.295 e. The zero-order chi connectivity index (χ0) is 10.8. The minimum absolute atomic E-state index is 0.130. The van der Waals surface area contributed by atoms with Gasteiger partial charge >= 0.3 is 0 Å². The number of ketones is 1. The van der Waals surface area contributed by atoms with Gasteiger partial charge in [0.1, 0.15) is 0 Å². The number of benzene rings is 1. The molecule has 0 saturated heterocycles. The van der Waals surface area contributed by atoms with Crippen LogP contribution in [-0.4, -0.2) is 5.78 Å². The van der Waals surface area contributed by atoms with Crippen molar-refractivity contribution in [2.45, 2.75) is 13.8 Å². The zero-order valence-electron chi connectivity index (χ0n) is 8.78. The molecule has 1 heterocycles. The third-order valence-corrected chi connectivity index (χ3v) is 3.40. The van der Waals surface area contributed by atoms with Crippen LogP contribution in [0.25, 0.3) is 10.4 Å². The molecule has 76 valence electrons. The van der Waals surface area contributed by atoms with Gasteiger partial charge in [-0.25, -0.2) is 0 Å². The van der Waals surface area contributed by atoms with Crippen molar-refractivity contribution >= 4 is 17.1 Å². The molecule has 0 spiro atoms. The van der Waals surface area contributed by atoms with Crippen LogP contribution in [0, 0.1) is 6.92 Å². The van der Waals surface area contributed by atoms with Gasteiger partial charge in [-0.15, -0.1) is 11.3 Å². The van der Waals surface area contributed by atoms with Crippen LogP contribution in [0.1, 0.15) is 22.8 Å². The molecule has 1 aromatic heterocycles. The first-order valence-electron chi connectivity index (χ1n) is 4.84. The first-order chi connectivity index (χ1) is 7.20. The van der Waals surface area contributed by atoms with Crippen LogP contribution in [0.4, 0.5) is 0 Å². The average molecular weight is 216 g/mol. The summed E-state index contributed by atoms with van der Waals surface area (Å²) < 4.78 is 0. The van der Waals surface area contributed by atoms with E-state index in [1.165, 1.54) is 4.88 Å². The summed E-state index contributed by atoms with van der Waals surface area (Å²) in [5, 5.41) is 2.05. The van der Waals surface area contributed by atoms with Crippen LogP contribution in [0.2, 0.25) is 0 Å². The van der Waals surface area contributed by atoms with E-state index in [0.29, 0.717) is 0 Å². The fourth-order valence-corrected chi connectivity index (χ4v) is 2.52. The lowest BCUT2D eigenvalue weighted by atomic mass is 9.99. The van der Waals surface area contributed by atoms with Gasteiger partial charge in [0.2, 0.25) is 0 Å². The molecular formula is C13H12OS. The topological polar surface area (TPSA) is 17.1 Å². The Bertz CT molecular complexity index is 483. The minimum atomic E-state index is 0.130. The molecule has 0 saturated carbocycles. The summed E-state index contributed by atoms with van der Waals surface area (Å²) in [6, 6.07) is 10.00. The van der Waals surface area contributed by atoms with Crippen LogP contribution < -0.4 is 0 Å². The first kappa shape index (κ1) is 10.1. The van der Waals surface area contributed by atoms with E-state index >= 15 is 0 Å². The summed E-state index contributed by atoms with van der Waals surface area (Å²) in [6.07, 6.45) is 0. The molecule has 0 fully saturated rings. The molecule has 0 aliphatic rings. The summed E-state index contributed by atoms with van der Waals surface area (Å²) in [5.41, 5.74) is 3.06. The predicted molar refractivity (Wildman–Crippen MR) is 64.5 cm³/mol. The van der Waals surface area contributed by atoms with Crippen LogP contribution >= 0.6 is 11.3 Å². The lowest BCUT2D eigenvalue weighted by Crippen LogP contribution is -1.96. The van der Waals surface area contributed by atoms with Gasteiger partial charge in [0.15, 0.2) is 5.78 Å². The number of hydrogen-bond acceptors (Lipinski definition) is 2. The van der Waals surface area contributed by atoms with Gasteiger partial charge in [-0.3, -0.25) is 4.79 Å². The summed E-state index contributed by atoms with van der Waals surface area (Å²) in [5.74, 6) is 0.130. The Morgan fingerprint density at radius 1 is 1.20 bits per heavy atom. The molecule has 2 heteroatoms. The Balaban J connectivity index is 2.59. The molecule has 0 aliphatic carbocycles. The van der Waals surface area contributed by atoms with E-state index in [0.717, 1.165) is 16.7 Å². The van der Waals surface area contributed by atoms with Crippen molar-refractivity contribution < 1.29 is 4.79 Å². The highest BCUT2D eigenvalue weighted by Crippen LogP contribution is 2.29. The van der Waals surface area contributed by atoms with Gasteiger partial charge in [0.25, 0.3) is 0 Å². The molecule has 0 aliphatic heterocycles. The minimum Gasteiger partial charge on any atom is -0.295 e. The molecule has 15 heavy (non-hydrogen) atoms. The van der Waals surface area contributed by atoms with E-state index < -0.39 is 0 Å². The third kappa shape index (κ3) is 1.85. The third-order valence-electron chi connectivity index (χ3n) is 2.50. The maximum absolute atomic E-state index is 11.4. The second-order valence-corrected chi connectivity index (χ2v) is 4.46. The van der Waals surface area contributed by atoms with Crippen molar-refractivity contribution in [3.63, 3.8) is 0 Å². The Morgan fingerprint density at radius 3 is 2.60 bits per heavy atom. The first-order valence-corrected chi connectivity index (χ1v) is 5.72. The lowest BCUT2D eigenvalue weighted by molar-refractivity contribution is 0.101. The standard InChI is InChI=1S/C13H12OS/c1-9-11(10(2)14)5-3-6-12(9)13-7-4-8-15-13/h3-8H,1-2H3. The fourth-order valence-electron chi connectivity index (χ4n) is 1.72. The van der Waals surface area contributed by atoms with Crippen molar-refractivity contribution in [2.75, 3.05) is 0 Å². The molecule has 2 aromatic rings. The zero-order valence-corrected chi connectivity index (χ0v) is 9.60. The lowest BCUT2D eigenvalue weighted by Gasteiger charge is -2.07. The van der Waals surface area contributed by atoms with Gasteiger partial charge < -0.3 is 0 Å². The molecule has 2 rings (SSSR count). The highest BCUT2D eigenvalue weighted by atomic mass is 32.1. The molecule has 1 nitrogen and oxygen atoms in total. The van der Waals surface area contributed by atoms with Gasteiger partial charge in [0, 0.05) is 10.4 Å². The smallest absolute Gasteiger partial charge is 0.160 e. The van der Waals surface area contributed by atoms with Crippen molar-refractivity contribution in [3.05, 3.63) is 46.8 Å². The Hall–Kier alpha value is -1.41. The number of rotatable bonds is 2. The molecule has 0 amide bonds. The van der Waals surface area contributed by atoms with Crippen molar-refractivity contribution in [2.24, 2.45) is 0 Å². The van der Waals surface area contributed by atoms with Crippen molar-refractivity contribution in [1.29, 1.82) is 0 Å². The summed E-state index contributed by atoms with van der Waals surface area (Å²) >= 11 is 1.70. The van der Waals surface area contributed by atoms with E-state index in [4.69, 9.17) is 0 Å². The Labute approximate surface area is 93.4 Å². The molecule has 0 bridgehead atoms. The van der Waals surface area contributed by atoms with Crippen molar-refractivity contribution in [1.82, 2.24) is 0 Å². The van der Waals surface area contributed by atoms with Crippen LogP contribution in [0.3, 0.4) is 0 Å². The average Bonchev–Trinajstić information content (AvgIpc) is 2.70. The number of hydrogen-bond donors (Lipinski definition) is 0. The Morgan fingerprint density at radius 2 is 2.00 bits per heavy atom. The highest BCUT2D eigenvalue weighted by molar-refractivity contribution is 7.13. The molecular weight excluding hydrogens is 204 g/mol. The summed E-state index contributed by atoms with van der Waals surface area (Å²) in [4.78, 5) is 12.6. The van der Waals surface area contributed by atoms with E-state index in [-0.39, 0.29) is 5.78 Å². The quantitative estimate of drug-likeness (QED) is 0.695. The summed E-state index contributed by atoms with van der Waals surface area (Å²) in [7, 11) is 0. The number of Topliss-reactive ketones (excluding diaryl/α,β-unsaturated/α-hetero) is 1. The maximum atomic E-state index is 11.4. The van der Waals surface area contributed by atoms with E-state index in [9.17, 15) is 4.79 Å². The summed E-state index contributed by atoms with van der Waals surface area (Å²) in [6.45, 7) is 3.62. The second kappa shape index (κ2) is 3.99. The SMILES string of the molecule is CC(=O)c1cccc(-c2cccs2)c1C. The molecule has 0 N–H and O–H groups in total. The normalized spacial score (nSPS) is 10.3. The molecule has 1 aromatic carbocycles.